The van der Waals surface area contributed by atoms with E-state index in [1.807, 2.05) is 48.5 Å². The van der Waals surface area contributed by atoms with Gasteiger partial charge in [-0.25, -0.2) is 4.98 Å². The van der Waals surface area contributed by atoms with Crippen LogP contribution in [0.1, 0.15) is 5.56 Å². The summed E-state index contributed by atoms with van der Waals surface area (Å²) in [6.07, 6.45) is 0. The van der Waals surface area contributed by atoms with E-state index in [9.17, 15) is 5.26 Å². The Kier molecular flexibility index (Phi) is 2.70. The molecule has 4 N–H and O–H groups in total. The average Bonchev–Trinajstić information content (AvgIpc) is 2.46. The van der Waals surface area contributed by atoms with Crippen LogP contribution >= 0.6 is 0 Å². The molecule has 0 aliphatic rings. The van der Waals surface area contributed by atoms with Gasteiger partial charge in [0, 0.05) is 5.56 Å². The Morgan fingerprint density at radius 2 is 1.70 bits per heavy atom. The Hall–Kier alpha value is -3.13. The molecule has 2 aromatic carbocycles. The van der Waals surface area contributed by atoms with Crippen LogP contribution in [0.2, 0.25) is 0 Å². The molecule has 5 heteroatoms. The number of anilines is 2. The second-order valence-electron chi connectivity index (χ2n) is 4.36. The number of rotatable bonds is 1. The first-order valence-corrected chi connectivity index (χ1v) is 6.01. The first-order chi connectivity index (χ1) is 9.69. The van der Waals surface area contributed by atoms with E-state index >= 15 is 0 Å². The smallest absolute Gasteiger partial charge is 0.222 e. The fraction of sp³-hybridized carbons (Fsp3) is 0. The highest BCUT2D eigenvalue weighted by molar-refractivity contribution is 5.88. The minimum absolute atomic E-state index is 0.0599. The van der Waals surface area contributed by atoms with E-state index in [0.717, 1.165) is 16.3 Å². The molecule has 0 saturated heterocycles. The summed E-state index contributed by atoms with van der Waals surface area (Å²) in [5.41, 5.74) is 12.8. The zero-order valence-corrected chi connectivity index (χ0v) is 10.5. The van der Waals surface area contributed by atoms with Gasteiger partial charge in [0.15, 0.2) is 0 Å². The number of hydrogen-bond acceptors (Lipinski definition) is 5. The summed E-state index contributed by atoms with van der Waals surface area (Å²) in [5.74, 6) is 0.160. The molecule has 0 bridgehead atoms. The molecule has 0 spiro atoms. The van der Waals surface area contributed by atoms with E-state index < -0.39 is 0 Å². The van der Waals surface area contributed by atoms with Gasteiger partial charge in [0.2, 0.25) is 5.95 Å². The minimum atomic E-state index is 0.0599. The van der Waals surface area contributed by atoms with Gasteiger partial charge in [-0.15, -0.1) is 0 Å². The van der Waals surface area contributed by atoms with Crippen molar-refractivity contribution >= 4 is 22.5 Å². The first kappa shape index (κ1) is 11.9. The van der Waals surface area contributed by atoms with Crippen molar-refractivity contribution in [1.29, 1.82) is 5.26 Å². The topological polar surface area (TPSA) is 102 Å². The highest BCUT2D eigenvalue weighted by atomic mass is 15.0. The normalized spacial score (nSPS) is 10.3. The van der Waals surface area contributed by atoms with Gasteiger partial charge in [0.25, 0.3) is 0 Å². The van der Waals surface area contributed by atoms with Gasteiger partial charge >= 0.3 is 0 Å². The van der Waals surface area contributed by atoms with Crippen LogP contribution in [0.3, 0.4) is 0 Å². The Bertz CT molecular complexity index is 848. The molecule has 0 unspecified atom stereocenters. The Labute approximate surface area is 115 Å². The standard InChI is InChI=1S/C15H11N5/c16-8-12-13(19-15(18)20-14(12)17)11-6-5-9-3-1-2-4-10(9)7-11/h1-7H,(H4,17,18,19,20). The number of nitriles is 1. The number of nitrogen functional groups attached to an aromatic ring is 2. The molecule has 1 heterocycles. The molecule has 0 aliphatic carbocycles. The lowest BCUT2D eigenvalue weighted by Gasteiger charge is -2.07. The second-order valence-corrected chi connectivity index (χ2v) is 4.36. The van der Waals surface area contributed by atoms with Gasteiger partial charge in [0.1, 0.15) is 17.5 Å². The SMILES string of the molecule is N#Cc1c(N)nc(N)nc1-c1ccc2ccccc2c1. The van der Waals surface area contributed by atoms with Crippen molar-refractivity contribution in [2.45, 2.75) is 0 Å². The molecule has 3 aromatic rings. The predicted octanol–water partition coefficient (Wildman–Crippen LogP) is 2.33. The molecule has 0 saturated carbocycles. The maximum Gasteiger partial charge on any atom is 0.222 e. The molecule has 0 atom stereocenters. The van der Waals surface area contributed by atoms with Gasteiger partial charge in [-0.3, -0.25) is 0 Å². The lowest BCUT2D eigenvalue weighted by Crippen LogP contribution is -2.04. The largest absolute Gasteiger partial charge is 0.382 e. The van der Waals surface area contributed by atoms with Crippen LogP contribution in [0, 0.1) is 11.3 Å². The van der Waals surface area contributed by atoms with Gasteiger partial charge in [-0.1, -0.05) is 36.4 Å². The Morgan fingerprint density at radius 3 is 2.45 bits per heavy atom. The van der Waals surface area contributed by atoms with Crippen molar-refractivity contribution in [3.8, 4) is 17.3 Å². The highest BCUT2D eigenvalue weighted by Crippen LogP contribution is 2.28. The molecule has 20 heavy (non-hydrogen) atoms. The van der Waals surface area contributed by atoms with E-state index in [1.54, 1.807) is 0 Å². The summed E-state index contributed by atoms with van der Waals surface area (Å²) < 4.78 is 0. The Balaban J connectivity index is 2.28. The van der Waals surface area contributed by atoms with Crippen LogP contribution in [0.25, 0.3) is 22.0 Å². The van der Waals surface area contributed by atoms with Crippen LogP contribution in [-0.2, 0) is 0 Å². The molecular weight excluding hydrogens is 250 g/mol. The first-order valence-electron chi connectivity index (χ1n) is 6.01. The number of nitrogens with two attached hydrogens (primary N) is 2. The van der Waals surface area contributed by atoms with Crippen LogP contribution in [-0.4, -0.2) is 9.97 Å². The molecule has 0 aliphatic heterocycles. The van der Waals surface area contributed by atoms with Crippen molar-refractivity contribution < 1.29 is 0 Å². The third kappa shape index (κ3) is 1.89. The fourth-order valence-electron chi connectivity index (χ4n) is 2.15. The molecule has 96 valence electrons. The van der Waals surface area contributed by atoms with E-state index in [2.05, 4.69) is 9.97 Å². The van der Waals surface area contributed by atoms with Crippen molar-refractivity contribution in [2.24, 2.45) is 0 Å². The Morgan fingerprint density at radius 1 is 0.950 bits per heavy atom. The van der Waals surface area contributed by atoms with Crippen molar-refractivity contribution in [3.63, 3.8) is 0 Å². The molecule has 0 fully saturated rings. The maximum absolute atomic E-state index is 9.21. The average molecular weight is 261 g/mol. The number of aromatic nitrogens is 2. The molecule has 5 nitrogen and oxygen atoms in total. The fourth-order valence-corrected chi connectivity index (χ4v) is 2.15. The molecule has 1 aromatic heterocycles. The van der Waals surface area contributed by atoms with Crippen molar-refractivity contribution in [3.05, 3.63) is 48.0 Å². The van der Waals surface area contributed by atoms with Gasteiger partial charge < -0.3 is 11.5 Å². The van der Waals surface area contributed by atoms with Gasteiger partial charge in [-0.2, -0.15) is 10.2 Å². The number of benzene rings is 2. The minimum Gasteiger partial charge on any atom is -0.382 e. The lowest BCUT2D eigenvalue weighted by molar-refractivity contribution is 1.18. The summed E-state index contributed by atoms with van der Waals surface area (Å²) in [7, 11) is 0. The van der Waals surface area contributed by atoms with Crippen LogP contribution in [0.15, 0.2) is 42.5 Å². The van der Waals surface area contributed by atoms with E-state index in [4.69, 9.17) is 11.5 Å². The number of nitrogens with zero attached hydrogens (tertiary/aromatic N) is 3. The second kappa shape index (κ2) is 4.52. The quantitative estimate of drug-likeness (QED) is 0.700. The summed E-state index contributed by atoms with van der Waals surface area (Å²) in [6.45, 7) is 0. The maximum atomic E-state index is 9.21. The van der Waals surface area contributed by atoms with E-state index in [0.29, 0.717) is 5.69 Å². The van der Waals surface area contributed by atoms with Crippen molar-refractivity contribution in [1.82, 2.24) is 9.97 Å². The number of hydrogen-bond donors (Lipinski definition) is 2. The van der Waals surface area contributed by atoms with Crippen LogP contribution < -0.4 is 11.5 Å². The summed E-state index contributed by atoms with van der Waals surface area (Å²) in [4.78, 5) is 7.96. The van der Waals surface area contributed by atoms with Gasteiger partial charge in [0.05, 0.1) is 5.69 Å². The van der Waals surface area contributed by atoms with Crippen molar-refractivity contribution in [2.75, 3.05) is 11.5 Å². The monoisotopic (exact) mass is 261 g/mol. The molecule has 3 rings (SSSR count). The zero-order valence-electron chi connectivity index (χ0n) is 10.5. The van der Waals surface area contributed by atoms with E-state index in [-0.39, 0.29) is 17.3 Å². The number of fused-ring (bicyclic) bond motifs is 1. The predicted molar refractivity (Wildman–Crippen MR) is 78.5 cm³/mol. The summed E-state index contributed by atoms with van der Waals surface area (Å²) >= 11 is 0. The van der Waals surface area contributed by atoms with Gasteiger partial charge in [-0.05, 0) is 16.8 Å². The van der Waals surface area contributed by atoms with E-state index in [1.165, 1.54) is 0 Å². The summed E-state index contributed by atoms with van der Waals surface area (Å²) in [6, 6.07) is 15.8. The third-order valence-electron chi connectivity index (χ3n) is 3.09. The zero-order chi connectivity index (χ0) is 14.1. The summed E-state index contributed by atoms with van der Waals surface area (Å²) in [5, 5.41) is 11.4. The molecule has 0 amide bonds. The third-order valence-corrected chi connectivity index (χ3v) is 3.09. The molecule has 0 radical (unpaired) electrons. The molecular formula is C15H11N5. The lowest BCUT2D eigenvalue weighted by atomic mass is 10.0. The van der Waals surface area contributed by atoms with Crippen LogP contribution in [0.5, 0.6) is 0 Å². The highest BCUT2D eigenvalue weighted by Gasteiger charge is 2.13. The van der Waals surface area contributed by atoms with Crippen LogP contribution in [0.4, 0.5) is 11.8 Å².